The molecule has 21 heavy (non-hydrogen) atoms. The van der Waals surface area contributed by atoms with Crippen molar-refractivity contribution in [1.29, 1.82) is 0 Å². The van der Waals surface area contributed by atoms with Crippen LogP contribution in [0.15, 0.2) is 36.5 Å². The fourth-order valence-electron chi connectivity index (χ4n) is 2.04. The Morgan fingerprint density at radius 2 is 2.10 bits per heavy atom. The zero-order chi connectivity index (χ0) is 14.9. The highest BCUT2D eigenvalue weighted by atomic mass is 16.5. The number of pyridine rings is 2. The molecule has 2 rings (SSSR count). The van der Waals surface area contributed by atoms with Crippen LogP contribution in [0.2, 0.25) is 0 Å². The summed E-state index contributed by atoms with van der Waals surface area (Å²) in [6, 6.07) is 9.93. The number of hydrogen-bond acceptors (Lipinski definition) is 4. The second-order valence-electron chi connectivity index (χ2n) is 4.99. The Bertz CT molecular complexity index is 543. The molecule has 0 amide bonds. The van der Waals surface area contributed by atoms with Crippen molar-refractivity contribution in [1.82, 2.24) is 15.3 Å². The summed E-state index contributed by atoms with van der Waals surface area (Å²) in [7, 11) is 0. The molecule has 0 fully saturated rings. The lowest BCUT2D eigenvalue weighted by atomic mass is 10.2. The summed E-state index contributed by atoms with van der Waals surface area (Å²) in [4.78, 5) is 8.78. The fourth-order valence-corrected chi connectivity index (χ4v) is 2.04. The predicted octanol–water partition coefficient (Wildman–Crippen LogP) is 2.91. The van der Waals surface area contributed by atoms with Gasteiger partial charge in [0.2, 0.25) is 5.88 Å². The summed E-state index contributed by atoms with van der Waals surface area (Å²) in [5, 5.41) is 3.39. The summed E-state index contributed by atoms with van der Waals surface area (Å²) in [6.07, 6.45) is 3.73. The molecular formula is C17H23N3O. The Kier molecular flexibility index (Phi) is 6.16. The maximum atomic E-state index is 5.70. The first-order valence-electron chi connectivity index (χ1n) is 7.49. The minimum absolute atomic E-state index is 0.594. The van der Waals surface area contributed by atoms with Gasteiger partial charge in [-0.05, 0) is 37.6 Å². The molecule has 4 heteroatoms. The maximum Gasteiger partial charge on any atom is 0.213 e. The van der Waals surface area contributed by atoms with Gasteiger partial charge in [-0.25, -0.2) is 4.98 Å². The van der Waals surface area contributed by atoms with Crippen molar-refractivity contribution in [2.45, 2.75) is 33.2 Å². The second kappa shape index (κ2) is 8.37. The van der Waals surface area contributed by atoms with Crippen molar-refractivity contribution >= 4 is 0 Å². The number of aromatic nitrogens is 2. The van der Waals surface area contributed by atoms with Crippen LogP contribution in [0.25, 0.3) is 0 Å². The number of aryl methyl sites for hydroxylation is 1. The van der Waals surface area contributed by atoms with E-state index in [9.17, 15) is 0 Å². The van der Waals surface area contributed by atoms with Crippen molar-refractivity contribution in [2.24, 2.45) is 0 Å². The summed E-state index contributed by atoms with van der Waals surface area (Å²) in [6.45, 7) is 6.67. The Morgan fingerprint density at radius 3 is 2.81 bits per heavy atom. The molecule has 0 spiro atoms. The summed E-state index contributed by atoms with van der Waals surface area (Å²) in [5.74, 6) is 0.683. The second-order valence-corrected chi connectivity index (χ2v) is 4.99. The van der Waals surface area contributed by atoms with Gasteiger partial charge in [0, 0.05) is 36.6 Å². The van der Waals surface area contributed by atoms with Crippen molar-refractivity contribution in [3.05, 3.63) is 53.5 Å². The van der Waals surface area contributed by atoms with Crippen LogP contribution in [-0.4, -0.2) is 23.1 Å². The number of hydrogen-bond donors (Lipinski definition) is 1. The van der Waals surface area contributed by atoms with Crippen molar-refractivity contribution in [3.63, 3.8) is 0 Å². The van der Waals surface area contributed by atoms with Crippen LogP contribution < -0.4 is 10.1 Å². The average Bonchev–Trinajstić information content (AvgIpc) is 2.51. The van der Waals surface area contributed by atoms with E-state index in [0.717, 1.165) is 37.3 Å². The van der Waals surface area contributed by atoms with Gasteiger partial charge in [-0.3, -0.25) is 4.98 Å². The lowest BCUT2D eigenvalue weighted by molar-refractivity contribution is 0.307. The first kappa shape index (κ1) is 15.4. The van der Waals surface area contributed by atoms with Gasteiger partial charge < -0.3 is 10.1 Å². The number of nitrogens with zero attached hydrogens (tertiary/aromatic N) is 2. The van der Waals surface area contributed by atoms with Crippen molar-refractivity contribution in [3.8, 4) is 5.88 Å². The Labute approximate surface area is 126 Å². The first-order valence-corrected chi connectivity index (χ1v) is 7.49. The molecule has 112 valence electrons. The topological polar surface area (TPSA) is 47.0 Å². The van der Waals surface area contributed by atoms with E-state index in [2.05, 4.69) is 28.3 Å². The molecule has 2 aromatic rings. The van der Waals surface area contributed by atoms with Crippen LogP contribution in [0.3, 0.4) is 0 Å². The lowest BCUT2D eigenvalue weighted by Crippen LogP contribution is -2.15. The predicted molar refractivity (Wildman–Crippen MR) is 84.4 cm³/mol. The van der Waals surface area contributed by atoms with Gasteiger partial charge in [0.15, 0.2) is 0 Å². The molecule has 0 saturated heterocycles. The molecule has 2 aromatic heterocycles. The molecule has 0 atom stereocenters. The Morgan fingerprint density at radius 1 is 1.19 bits per heavy atom. The van der Waals surface area contributed by atoms with Gasteiger partial charge in [-0.1, -0.05) is 19.1 Å². The van der Waals surface area contributed by atoms with Gasteiger partial charge >= 0.3 is 0 Å². The third-order valence-electron chi connectivity index (χ3n) is 3.25. The molecule has 0 aliphatic carbocycles. The van der Waals surface area contributed by atoms with Crippen LogP contribution in [0.4, 0.5) is 0 Å². The summed E-state index contributed by atoms with van der Waals surface area (Å²) >= 11 is 0. The Hall–Kier alpha value is -1.94. The van der Waals surface area contributed by atoms with E-state index in [1.807, 2.05) is 31.2 Å². The molecule has 0 aliphatic heterocycles. The smallest absolute Gasteiger partial charge is 0.213 e. The lowest BCUT2D eigenvalue weighted by Gasteiger charge is -2.09. The highest BCUT2D eigenvalue weighted by Gasteiger charge is 2.03. The van der Waals surface area contributed by atoms with Gasteiger partial charge in [-0.15, -0.1) is 0 Å². The van der Waals surface area contributed by atoms with Gasteiger partial charge in [0.05, 0.1) is 6.61 Å². The van der Waals surface area contributed by atoms with E-state index < -0.39 is 0 Å². The van der Waals surface area contributed by atoms with Crippen LogP contribution in [0.5, 0.6) is 5.88 Å². The minimum atomic E-state index is 0.594. The minimum Gasteiger partial charge on any atom is -0.477 e. The fraction of sp³-hybridized carbons (Fsp3) is 0.412. The van der Waals surface area contributed by atoms with Gasteiger partial charge in [0.1, 0.15) is 0 Å². The van der Waals surface area contributed by atoms with E-state index in [4.69, 9.17) is 4.74 Å². The molecule has 4 nitrogen and oxygen atoms in total. The largest absolute Gasteiger partial charge is 0.477 e. The quantitative estimate of drug-likeness (QED) is 0.758. The van der Waals surface area contributed by atoms with E-state index in [0.29, 0.717) is 12.5 Å². The molecule has 0 bridgehead atoms. The molecule has 1 N–H and O–H groups in total. The van der Waals surface area contributed by atoms with Crippen molar-refractivity contribution < 1.29 is 4.74 Å². The monoisotopic (exact) mass is 285 g/mol. The maximum absolute atomic E-state index is 5.70. The number of rotatable bonds is 8. The van der Waals surface area contributed by atoms with Crippen LogP contribution in [0, 0.1) is 6.92 Å². The highest BCUT2D eigenvalue weighted by Crippen LogP contribution is 2.12. The van der Waals surface area contributed by atoms with Crippen LogP contribution in [-0.2, 0) is 13.0 Å². The molecular weight excluding hydrogens is 262 g/mol. The molecule has 0 saturated carbocycles. The average molecular weight is 285 g/mol. The van der Waals surface area contributed by atoms with E-state index in [1.165, 1.54) is 5.56 Å². The molecule has 0 unspecified atom stereocenters. The third-order valence-corrected chi connectivity index (χ3v) is 3.25. The van der Waals surface area contributed by atoms with Crippen molar-refractivity contribution in [2.75, 3.05) is 13.2 Å². The third kappa shape index (κ3) is 5.16. The molecule has 2 heterocycles. The summed E-state index contributed by atoms with van der Waals surface area (Å²) < 4.78 is 5.70. The van der Waals surface area contributed by atoms with Gasteiger partial charge in [0.25, 0.3) is 0 Å². The van der Waals surface area contributed by atoms with E-state index in [1.54, 1.807) is 6.20 Å². The molecule has 0 radical (unpaired) electrons. The van der Waals surface area contributed by atoms with Gasteiger partial charge in [-0.2, -0.15) is 0 Å². The normalized spacial score (nSPS) is 10.6. The number of ether oxygens (including phenoxy) is 1. The van der Waals surface area contributed by atoms with Crippen LogP contribution in [0.1, 0.15) is 30.3 Å². The van der Waals surface area contributed by atoms with E-state index >= 15 is 0 Å². The summed E-state index contributed by atoms with van der Waals surface area (Å²) in [5.41, 5.74) is 3.28. The molecule has 0 aliphatic rings. The SMILES string of the molecule is CCCNCc1ccc(OCCc2ccccn2)nc1C. The first-order chi connectivity index (χ1) is 10.3. The zero-order valence-corrected chi connectivity index (χ0v) is 12.8. The Balaban J connectivity index is 1.82. The van der Waals surface area contributed by atoms with Crippen LogP contribution >= 0.6 is 0 Å². The molecule has 0 aromatic carbocycles. The standard InChI is InChI=1S/C17H23N3O/c1-3-10-18-13-15-7-8-17(20-14(15)2)21-12-9-16-6-4-5-11-19-16/h4-8,11,18H,3,9-10,12-13H2,1-2H3. The highest BCUT2D eigenvalue weighted by molar-refractivity contribution is 5.24. The number of nitrogens with one attached hydrogen (secondary N) is 1. The zero-order valence-electron chi connectivity index (χ0n) is 12.8. The van der Waals surface area contributed by atoms with E-state index in [-0.39, 0.29) is 0 Å².